The molecule has 0 atom stereocenters. The Hall–Kier alpha value is -3.74. The van der Waals surface area contributed by atoms with E-state index in [-0.39, 0.29) is 11.7 Å². The number of fused-ring (bicyclic) bond motifs is 3. The molecule has 150 valence electrons. The SMILES string of the molecule is Cn1cnc(-c2cccc(CC(=O)c3ccc4nc5n(c4c3)CCCNC5=O)c2)c1. The molecule has 2 aromatic carbocycles. The van der Waals surface area contributed by atoms with Gasteiger partial charge >= 0.3 is 0 Å². The first-order chi connectivity index (χ1) is 14.6. The predicted molar refractivity (Wildman–Crippen MR) is 113 cm³/mol. The van der Waals surface area contributed by atoms with Crippen molar-refractivity contribution in [2.75, 3.05) is 6.54 Å². The fourth-order valence-corrected chi connectivity index (χ4v) is 3.90. The molecule has 2 aromatic heterocycles. The molecule has 0 spiro atoms. The molecular weight excluding hydrogens is 378 g/mol. The molecule has 30 heavy (non-hydrogen) atoms. The lowest BCUT2D eigenvalue weighted by atomic mass is 10.0. The van der Waals surface area contributed by atoms with Crippen LogP contribution in [0.5, 0.6) is 0 Å². The number of imidazole rings is 2. The molecule has 1 N–H and O–H groups in total. The third-order valence-electron chi connectivity index (χ3n) is 5.41. The lowest BCUT2D eigenvalue weighted by Gasteiger charge is -2.06. The number of hydrogen-bond donors (Lipinski definition) is 1. The van der Waals surface area contributed by atoms with E-state index in [1.54, 1.807) is 12.4 Å². The Morgan fingerprint density at radius 2 is 2.10 bits per heavy atom. The number of nitrogens with one attached hydrogen (secondary N) is 1. The fraction of sp³-hybridized carbons (Fsp3) is 0.217. The third kappa shape index (κ3) is 3.28. The van der Waals surface area contributed by atoms with Gasteiger partial charge in [0.15, 0.2) is 11.6 Å². The van der Waals surface area contributed by atoms with E-state index in [9.17, 15) is 9.59 Å². The number of benzene rings is 2. The van der Waals surface area contributed by atoms with E-state index in [0.717, 1.165) is 34.3 Å². The van der Waals surface area contributed by atoms with E-state index in [0.29, 0.717) is 30.9 Å². The van der Waals surface area contributed by atoms with Gasteiger partial charge in [-0.3, -0.25) is 9.59 Å². The number of amides is 1. The maximum atomic E-state index is 13.0. The molecule has 0 fully saturated rings. The lowest BCUT2D eigenvalue weighted by molar-refractivity contribution is 0.0945. The van der Waals surface area contributed by atoms with Crippen LogP contribution in [0.2, 0.25) is 0 Å². The fourth-order valence-electron chi connectivity index (χ4n) is 3.90. The highest BCUT2D eigenvalue weighted by atomic mass is 16.2. The largest absolute Gasteiger partial charge is 0.349 e. The average molecular weight is 399 g/mol. The van der Waals surface area contributed by atoms with Crippen LogP contribution in [0.25, 0.3) is 22.3 Å². The Morgan fingerprint density at radius 3 is 2.93 bits per heavy atom. The summed E-state index contributed by atoms with van der Waals surface area (Å²) in [6.45, 7) is 1.34. The minimum Gasteiger partial charge on any atom is -0.349 e. The van der Waals surface area contributed by atoms with E-state index in [1.807, 2.05) is 58.8 Å². The van der Waals surface area contributed by atoms with E-state index in [1.165, 1.54) is 0 Å². The van der Waals surface area contributed by atoms with Gasteiger partial charge in [-0.15, -0.1) is 0 Å². The first-order valence-electron chi connectivity index (χ1n) is 9.97. The Kier molecular flexibility index (Phi) is 4.43. The number of rotatable bonds is 4. The van der Waals surface area contributed by atoms with E-state index in [2.05, 4.69) is 15.3 Å². The summed E-state index contributed by atoms with van der Waals surface area (Å²) in [5.41, 5.74) is 5.00. The molecule has 0 bridgehead atoms. The van der Waals surface area contributed by atoms with Crippen molar-refractivity contribution >= 4 is 22.7 Å². The molecule has 1 aliphatic heterocycles. The quantitative estimate of drug-likeness (QED) is 0.535. The Balaban J connectivity index is 1.44. The summed E-state index contributed by atoms with van der Waals surface area (Å²) >= 11 is 0. The summed E-state index contributed by atoms with van der Waals surface area (Å²) < 4.78 is 3.81. The summed E-state index contributed by atoms with van der Waals surface area (Å²) in [6, 6.07) is 13.4. The molecule has 5 rings (SSSR count). The van der Waals surface area contributed by atoms with Crippen molar-refractivity contribution in [3.05, 3.63) is 71.9 Å². The Morgan fingerprint density at radius 1 is 1.20 bits per heavy atom. The predicted octanol–water partition coefficient (Wildman–Crippen LogP) is 3.00. The zero-order valence-electron chi connectivity index (χ0n) is 16.6. The highest BCUT2D eigenvalue weighted by molar-refractivity contribution is 6.01. The number of carbonyl (C=O) groups excluding carboxylic acids is 2. The first-order valence-corrected chi connectivity index (χ1v) is 9.97. The van der Waals surface area contributed by atoms with Gasteiger partial charge in [-0.05, 0) is 36.2 Å². The third-order valence-corrected chi connectivity index (χ3v) is 5.41. The standard InChI is InChI=1S/C23H21N5O2/c1-27-13-19(25-14-27)16-5-2-4-15(10-16)11-21(29)17-6-7-18-20(12-17)28-9-3-8-24-23(30)22(28)26-18/h2,4-7,10,12-14H,3,8-9,11H2,1H3,(H,24,30). The van der Waals surface area contributed by atoms with Crippen LogP contribution in [0, 0.1) is 0 Å². The molecule has 0 saturated heterocycles. The van der Waals surface area contributed by atoms with E-state index >= 15 is 0 Å². The van der Waals surface area contributed by atoms with Gasteiger partial charge in [0.1, 0.15) is 0 Å². The van der Waals surface area contributed by atoms with Crippen molar-refractivity contribution < 1.29 is 9.59 Å². The van der Waals surface area contributed by atoms with Gasteiger partial charge < -0.3 is 14.5 Å². The highest BCUT2D eigenvalue weighted by Gasteiger charge is 2.21. The van der Waals surface area contributed by atoms with Crippen molar-refractivity contribution in [3.8, 4) is 11.3 Å². The Bertz CT molecular complexity index is 1280. The van der Waals surface area contributed by atoms with Gasteiger partial charge in [0.25, 0.3) is 5.91 Å². The van der Waals surface area contributed by atoms with Gasteiger partial charge in [0, 0.05) is 43.9 Å². The smallest absolute Gasteiger partial charge is 0.287 e. The number of aryl methyl sites for hydroxylation is 2. The molecule has 7 nitrogen and oxygen atoms in total. The van der Waals surface area contributed by atoms with Crippen molar-refractivity contribution in [2.24, 2.45) is 7.05 Å². The molecule has 1 aliphatic rings. The van der Waals surface area contributed by atoms with Crippen molar-refractivity contribution in [2.45, 2.75) is 19.4 Å². The number of ketones is 1. The second-order valence-corrected chi connectivity index (χ2v) is 7.62. The van der Waals surface area contributed by atoms with Crippen molar-refractivity contribution in [1.29, 1.82) is 0 Å². The van der Waals surface area contributed by atoms with Crippen molar-refractivity contribution in [1.82, 2.24) is 24.4 Å². The van der Waals surface area contributed by atoms with Crippen LogP contribution in [0.15, 0.2) is 55.0 Å². The summed E-state index contributed by atoms with van der Waals surface area (Å²) in [4.78, 5) is 34.1. The van der Waals surface area contributed by atoms with Crippen LogP contribution in [-0.4, -0.2) is 37.3 Å². The minimum atomic E-state index is -0.164. The van der Waals surface area contributed by atoms with Crippen molar-refractivity contribution in [3.63, 3.8) is 0 Å². The number of aromatic nitrogens is 4. The van der Waals surface area contributed by atoms with Crippen LogP contribution in [-0.2, 0) is 20.0 Å². The normalized spacial score (nSPS) is 13.7. The second kappa shape index (κ2) is 7.26. The van der Waals surface area contributed by atoms with Crippen LogP contribution >= 0.6 is 0 Å². The van der Waals surface area contributed by atoms with Gasteiger partial charge in [0.05, 0.1) is 23.1 Å². The molecule has 1 amide bonds. The number of nitrogens with zero attached hydrogens (tertiary/aromatic N) is 4. The van der Waals surface area contributed by atoms with Gasteiger partial charge in [0.2, 0.25) is 0 Å². The molecule has 0 radical (unpaired) electrons. The van der Waals surface area contributed by atoms with E-state index < -0.39 is 0 Å². The van der Waals surface area contributed by atoms with Crippen LogP contribution in [0.1, 0.15) is 33.0 Å². The second-order valence-electron chi connectivity index (χ2n) is 7.62. The van der Waals surface area contributed by atoms with Gasteiger partial charge in [-0.2, -0.15) is 0 Å². The summed E-state index contributed by atoms with van der Waals surface area (Å²) in [7, 11) is 1.93. The molecule has 0 unspecified atom stereocenters. The molecule has 7 heteroatoms. The zero-order valence-corrected chi connectivity index (χ0v) is 16.6. The maximum Gasteiger partial charge on any atom is 0.287 e. The maximum absolute atomic E-state index is 13.0. The number of carbonyl (C=O) groups is 2. The monoisotopic (exact) mass is 399 g/mol. The molecule has 0 saturated carbocycles. The molecule has 4 aromatic rings. The highest BCUT2D eigenvalue weighted by Crippen LogP contribution is 2.22. The van der Waals surface area contributed by atoms with Crippen LogP contribution < -0.4 is 5.32 Å². The van der Waals surface area contributed by atoms with E-state index in [4.69, 9.17) is 0 Å². The zero-order chi connectivity index (χ0) is 20.7. The summed E-state index contributed by atoms with van der Waals surface area (Å²) in [6.07, 6.45) is 4.85. The average Bonchev–Trinajstić information content (AvgIpc) is 3.29. The first kappa shape index (κ1) is 18.3. The van der Waals surface area contributed by atoms with Crippen LogP contribution in [0.3, 0.4) is 0 Å². The molecular formula is C23H21N5O2. The van der Waals surface area contributed by atoms with Gasteiger partial charge in [-0.1, -0.05) is 18.2 Å². The molecule has 0 aliphatic carbocycles. The van der Waals surface area contributed by atoms with Gasteiger partial charge in [-0.25, -0.2) is 9.97 Å². The lowest BCUT2D eigenvalue weighted by Crippen LogP contribution is -2.23. The Labute approximate surface area is 173 Å². The minimum absolute atomic E-state index is 0.0312. The topological polar surface area (TPSA) is 81.8 Å². The summed E-state index contributed by atoms with van der Waals surface area (Å²) in [5.74, 6) is 0.279. The number of Topliss-reactive ketones (excluding diaryl/α,β-unsaturated/α-hetero) is 1. The van der Waals surface area contributed by atoms with Crippen LogP contribution in [0.4, 0.5) is 0 Å². The summed E-state index contributed by atoms with van der Waals surface area (Å²) in [5, 5.41) is 2.86. The molecule has 3 heterocycles. The number of hydrogen-bond acceptors (Lipinski definition) is 4.